The van der Waals surface area contributed by atoms with Crippen LogP contribution in [0.1, 0.15) is 25.3 Å². The Bertz CT molecular complexity index is 397. The minimum Gasteiger partial charge on any atom is -0.492 e. The zero-order valence-electron chi connectivity index (χ0n) is 10.9. The van der Waals surface area contributed by atoms with Crippen molar-refractivity contribution in [1.82, 2.24) is 4.90 Å². The predicted molar refractivity (Wildman–Crippen MR) is 75.1 cm³/mol. The molecule has 0 aliphatic carbocycles. The maximum atomic E-state index is 6.19. The number of piperidine rings is 1. The maximum Gasteiger partial charge on any atom is 0.142 e. The largest absolute Gasteiger partial charge is 0.492 e. The third kappa shape index (κ3) is 3.37. The van der Waals surface area contributed by atoms with Gasteiger partial charge in [0.2, 0.25) is 0 Å². The van der Waals surface area contributed by atoms with Gasteiger partial charge < -0.3 is 10.5 Å². The molecule has 100 valence electrons. The highest BCUT2D eigenvalue weighted by molar-refractivity contribution is 6.32. The number of benzene rings is 1. The zero-order chi connectivity index (χ0) is 13.0. The molecule has 3 nitrogen and oxygen atoms in total. The molecule has 1 aromatic rings. The Morgan fingerprint density at radius 3 is 3.06 bits per heavy atom. The highest BCUT2D eigenvalue weighted by atomic mass is 35.5. The average molecular weight is 269 g/mol. The second kappa shape index (κ2) is 6.41. The van der Waals surface area contributed by atoms with Gasteiger partial charge in [0, 0.05) is 24.7 Å². The van der Waals surface area contributed by atoms with Crippen LogP contribution in [-0.2, 0) is 6.54 Å². The summed E-state index contributed by atoms with van der Waals surface area (Å²) >= 11 is 6.19. The van der Waals surface area contributed by atoms with E-state index in [1.807, 2.05) is 19.1 Å². The van der Waals surface area contributed by atoms with E-state index in [1.165, 1.54) is 6.42 Å². The van der Waals surface area contributed by atoms with Gasteiger partial charge in [-0.2, -0.15) is 0 Å². The highest BCUT2D eigenvalue weighted by Crippen LogP contribution is 2.30. The molecule has 1 aliphatic rings. The highest BCUT2D eigenvalue weighted by Gasteiger charge is 2.18. The van der Waals surface area contributed by atoms with Gasteiger partial charge in [0.25, 0.3) is 0 Å². The maximum absolute atomic E-state index is 6.19. The Morgan fingerprint density at radius 2 is 2.33 bits per heavy atom. The van der Waals surface area contributed by atoms with Crippen molar-refractivity contribution >= 4 is 11.6 Å². The van der Waals surface area contributed by atoms with Crippen molar-refractivity contribution in [3.05, 3.63) is 28.8 Å². The molecule has 18 heavy (non-hydrogen) atoms. The summed E-state index contributed by atoms with van der Waals surface area (Å²) in [7, 11) is 0. The number of nitrogens with zero attached hydrogens (tertiary/aromatic N) is 1. The lowest BCUT2D eigenvalue weighted by Gasteiger charge is -2.31. The number of rotatable bonds is 4. The lowest BCUT2D eigenvalue weighted by molar-refractivity contribution is 0.198. The summed E-state index contributed by atoms with van der Waals surface area (Å²) in [5.74, 6) is 0.820. The summed E-state index contributed by atoms with van der Waals surface area (Å²) in [6.07, 6.45) is 2.30. The molecule has 1 unspecified atom stereocenters. The van der Waals surface area contributed by atoms with Crippen LogP contribution in [0.25, 0.3) is 0 Å². The number of halogens is 1. The molecule has 1 fully saturated rings. The molecule has 1 aromatic carbocycles. The monoisotopic (exact) mass is 268 g/mol. The van der Waals surface area contributed by atoms with Crippen LogP contribution in [0, 0.1) is 0 Å². The fraction of sp³-hybridized carbons (Fsp3) is 0.571. The van der Waals surface area contributed by atoms with Crippen molar-refractivity contribution in [3.8, 4) is 5.75 Å². The summed E-state index contributed by atoms with van der Waals surface area (Å²) in [5.41, 5.74) is 7.16. The van der Waals surface area contributed by atoms with Gasteiger partial charge in [0.05, 0.1) is 11.6 Å². The Labute approximate surface area is 114 Å². The predicted octanol–water partition coefficient (Wildman–Crippen LogP) is 2.66. The molecule has 0 spiro atoms. The molecule has 0 radical (unpaired) electrons. The molecule has 0 aromatic heterocycles. The number of para-hydroxylation sites is 1. The average Bonchev–Trinajstić information content (AvgIpc) is 2.34. The fourth-order valence-corrected chi connectivity index (χ4v) is 2.71. The quantitative estimate of drug-likeness (QED) is 0.912. The SMILES string of the molecule is CCOc1c(Cl)cccc1CN1CCCC(N)C1. The first-order valence-corrected chi connectivity index (χ1v) is 6.96. The molecule has 1 saturated heterocycles. The van der Waals surface area contributed by atoms with Gasteiger partial charge in [-0.1, -0.05) is 23.7 Å². The molecular weight excluding hydrogens is 248 g/mol. The molecule has 0 amide bonds. The van der Waals surface area contributed by atoms with E-state index in [-0.39, 0.29) is 0 Å². The number of ether oxygens (including phenoxy) is 1. The van der Waals surface area contributed by atoms with Crippen LogP contribution in [0.4, 0.5) is 0 Å². The van der Waals surface area contributed by atoms with Crippen LogP contribution in [0.3, 0.4) is 0 Å². The van der Waals surface area contributed by atoms with E-state index in [4.69, 9.17) is 22.1 Å². The van der Waals surface area contributed by atoms with Crippen LogP contribution in [0.15, 0.2) is 18.2 Å². The fourth-order valence-electron chi connectivity index (χ4n) is 2.46. The normalized spacial score (nSPS) is 20.9. The van der Waals surface area contributed by atoms with E-state index >= 15 is 0 Å². The van der Waals surface area contributed by atoms with Crippen molar-refractivity contribution in [3.63, 3.8) is 0 Å². The van der Waals surface area contributed by atoms with Crippen molar-refractivity contribution in [2.24, 2.45) is 5.73 Å². The number of hydrogen-bond acceptors (Lipinski definition) is 3. The molecule has 0 bridgehead atoms. The summed E-state index contributed by atoms with van der Waals surface area (Å²) in [4.78, 5) is 2.38. The topological polar surface area (TPSA) is 38.5 Å². The minimum absolute atomic E-state index is 0.300. The van der Waals surface area contributed by atoms with Crippen molar-refractivity contribution in [2.75, 3.05) is 19.7 Å². The molecule has 2 rings (SSSR count). The number of hydrogen-bond donors (Lipinski definition) is 1. The van der Waals surface area contributed by atoms with Crippen molar-refractivity contribution < 1.29 is 4.74 Å². The Kier molecular flexibility index (Phi) is 4.87. The summed E-state index contributed by atoms with van der Waals surface area (Å²) in [6.45, 7) is 5.54. The van der Waals surface area contributed by atoms with E-state index in [1.54, 1.807) is 0 Å². The second-order valence-electron chi connectivity index (χ2n) is 4.80. The van der Waals surface area contributed by atoms with Crippen molar-refractivity contribution in [2.45, 2.75) is 32.4 Å². The molecule has 1 heterocycles. The summed E-state index contributed by atoms with van der Waals surface area (Å²) < 4.78 is 5.65. The minimum atomic E-state index is 0.300. The molecule has 4 heteroatoms. The van der Waals surface area contributed by atoms with E-state index in [2.05, 4.69) is 11.0 Å². The van der Waals surface area contributed by atoms with Crippen LogP contribution >= 0.6 is 11.6 Å². The number of nitrogens with two attached hydrogens (primary N) is 1. The van der Waals surface area contributed by atoms with Gasteiger partial charge in [-0.3, -0.25) is 4.90 Å². The lowest BCUT2D eigenvalue weighted by atomic mass is 10.1. The second-order valence-corrected chi connectivity index (χ2v) is 5.21. The molecule has 2 N–H and O–H groups in total. The third-order valence-corrected chi connectivity index (χ3v) is 3.57. The smallest absolute Gasteiger partial charge is 0.142 e. The number of likely N-dealkylation sites (tertiary alicyclic amines) is 1. The first-order chi connectivity index (χ1) is 8.70. The van der Waals surface area contributed by atoms with Gasteiger partial charge >= 0.3 is 0 Å². The Balaban J connectivity index is 2.10. The summed E-state index contributed by atoms with van der Waals surface area (Å²) in [5, 5.41) is 0.690. The first kappa shape index (κ1) is 13.7. The Morgan fingerprint density at radius 1 is 1.50 bits per heavy atom. The van der Waals surface area contributed by atoms with Gasteiger partial charge in [0.1, 0.15) is 5.75 Å². The van der Waals surface area contributed by atoms with Crippen molar-refractivity contribution in [1.29, 1.82) is 0 Å². The van der Waals surface area contributed by atoms with Gasteiger partial charge in [-0.15, -0.1) is 0 Å². The van der Waals surface area contributed by atoms with Crippen LogP contribution in [0.5, 0.6) is 5.75 Å². The third-order valence-electron chi connectivity index (χ3n) is 3.27. The zero-order valence-corrected chi connectivity index (χ0v) is 11.6. The molecular formula is C14H21ClN2O. The summed E-state index contributed by atoms with van der Waals surface area (Å²) in [6, 6.07) is 6.23. The van der Waals surface area contributed by atoms with Gasteiger partial charge in [-0.05, 0) is 32.4 Å². The van der Waals surface area contributed by atoms with E-state index < -0.39 is 0 Å². The van der Waals surface area contributed by atoms with Crippen LogP contribution in [-0.4, -0.2) is 30.6 Å². The van der Waals surface area contributed by atoms with Crippen LogP contribution in [0.2, 0.25) is 5.02 Å². The van der Waals surface area contributed by atoms with E-state index in [9.17, 15) is 0 Å². The molecule has 1 atom stereocenters. The lowest BCUT2D eigenvalue weighted by Crippen LogP contribution is -2.42. The van der Waals surface area contributed by atoms with Gasteiger partial charge in [-0.25, -0.2) is 0 Å². The van der Waals surface area contributed by atoms with E-state index in [0.717, 1.165) is 37.4 Å². The van der Waals surface area contributed by atoms with Gasteiger partial charge in [0.15, 0.2) is 0 Å². The first-order valence-electron chi connectivity index (χ1n) is 6.58. The Hall–Kier alpha value is -0.770. The molecule has 0 saturated carbocycles. The standard InChI is InChI=1S/C14H21ClN2O/c1-2-18-14-11(5-3-7-13(14)15)9-17-8-4-6-12(16)10-17/h3,5,7,12H,2,4,6,8-10,16H2,1H3. The molecule has 1 aliphatic heterocycles. The van der Waals surface area contributed by atoms with E-state index in [0.29, 0.717) is 17.7 Å². The van der Waals surface area contributed by atoms with Crippen LogP contribution < -0.4 is 10.5 Å².